The third-order valence-electron chi connectivity index (χ3n) is 4.34. The molecule has 2 N–H and O–H groups in total. The van der Waals surface area contributed by atoms with Crippen molar-refractivity contribution in [2.75, 3.05) is 20.2 Å². The van der Waals surface area contributed by atoms with E-state index in [9.17, 15) is 0 Å². The Hall–Kier alpha value is -2.50. The molecular formula is C21H32N4O2. The number of ether oxygens (including phenoxy) is 1. The van der Waals surface area contributed by atoms with E-state index in [1.807, 2.05) is 12.1 Å². The van der Waals surface area contributed by atoms with E-state index in [1.54, 1.807) is 7.05 Å². The van der Waals surface area contributed by atoms with E-state index in [-0.39, 0.29) is 0 Å². The number of nitrogens with one attached hydrogen (secondary N) is 2. The molecule has 0 bridgehead atoms. The first-order valence-electron chi connectivity index (χ1n) is 9.84. The molecule has 27 heavy (non-hydrogen) atoms. The second-order valence-corrected chi connectivity index (χ2v) is 6.34. The van der Waals surface area contributed by atoms with Crippen molar-refractivity contribution in [3.63, 3.8) is 0 Å². The lowest BCUT2D eigenvalue weighted by Gasteiger charge is -2.12. The van der Waals surface area contributed by atoms with Crippen LogP contribution in [-0.4, -0.2) is 31.3 Å². The summed E-state index contributed by atoms with van der Waals surface area (Å²) in [6.07, 6.45) is 3.62. The zero-order chi connectivity index (χ0) is 19.5. The van der Waals surface area contributed by atoms with Gasteiger partial charge in [0.2, 0.25) is 0 Å². The molecule has 0 radical (unpaired) electrons. The number of aryl methyl sites for hydroxylation is 2. The quantitative estimate of drug-likeness (QED) is 0.493. The van der Waals surface area contributed by atoms with Gasteiger partial charge < -0.3 is 19.9 Å². The minimum atomic E-state index is 0.663. The van der Waals surface area contributed by atoms with Crippen LogP contribution in [0.3, 0.4) is 0 Å². The van der Waals surface area contributed by atoms with Crippen molar-refractivity contribution in [3.05, 3.63) is 46.8 Å². The fraction of sp³-hybridized carbons (Fsp3) is 0.524. The lowest BCUT2D eigenvalue weighted by molar-refractivity contribution is 0.317. The summed E-state index contributed by atoms with van der Waals surface area (Å²) in [5.74, 6) is 2.65. The Balaban J connectivity index is 1.83. The highest BCUT2D eigenvalue weighted by Gasteiger charge is 2.13. The van der Waals surface area contributed by atoms with E-state index in [1.165, 1.54) is 5.56 Å². The van der Waals surface area contributed by atoms with Crippen LogP contribution in [0, 0.1) is 0 Å². The van der Waals surface area contributed by atoms with Crippen molar-refractivity contribution in [1.82, 2.24) is 15.8 Å². The third kappa shape index (κ3) is 6.31. The Kier molecular flexibility index (Phi) is 8.68. The lowest BCUT2D eigenvalue weighted by Crippen LogP contribution is -2.38. The zero-order valence-electron chi connectivity index (χ0n) is 17.0. The van der Waals surface area contributed by atoms with Crippen molar-refractivity contribution in [1.29, 1.82) is 0 Å². The molecule has 0 aliphatic rings. The standard InChI is InChI=1S/C21H32N4O2/c1-5-13-26-17-10-8-9-16(14-17)11-12-23-21(22-4)24-15-18-19(6-2)25-27-20(18)7-3/h8-10,14H,5-7,11-13,15H2,1-4H3,(H2,22,23,24). The summed E-state index contributed by atoms with van der Waals surface area (Å²) < 4.78 is 11.1. The number of guanidine groups is 1. The van der Waals surface area contributed by atoms with Crippen LogP contribution in [0.2, 0.25) is 0 Å². The van der Waals surface area contributed by atoms with Gasteiger partial charge in [0.25, 0.3) is 0 Å². The number of hydrogen-bond acceptors (Lipinski definition) is 4. The molecule has 2 aromatic rings. The Morgan fingerprint density at radius 2 is 2.04 bits per heavy atom. The molecule has 0 saturated carbocycles. The summed E-state index contributed by atoms with van der Waals surface area (Å²) in [7, 11) is 1.78. The monoisotopic (exact) mass is 372 g/mol. The summed E-state index contributed by atoms with van der Waals surface area (Å²) in [6, 6.07) is 8.26. The van der Waals surface area contributed by atoms with Gasteiger partial charge in [0.05, 0.1) is 12.3 Å². The number of nitrogens with zero attached hydrogens (tertiary/aromatic N) is 2. The molecule has 0 unspecified atom stereocenters. The van der Waals surface area contributed by atoms with Crippen LogP contribution >= 0.6 is 0 Å². The average Bonchev–Trinajstić information content (AvgIpc) is 3.11. The third-order valence-corrected chi connectivity index (χ3v) is 4.34. The Morgan fingerprint density at radius 1 is 1.19 bits per heavy atom. The van der Waals surface area contributed by atoms with Gasteiger partial charge >= 0.3 is 0 Å². The molecular weight excluding hydrogens is 340 g/mol. The van der Waals surface area contributed by atoms with E-state index in [0.717, 1.165) is 67.6 Å². The van der Waals surface area contributed by atoms with E-state index in [0.29, 0.717) is 6.54 Å². The van der Waals surface area contributed by atoms with Crippen molar-refractivity contribution >= 4 is 5.96 Å². The maximum atomic E-state index is 5.70. The van der Waals surface area contributed by atoms with Gasteiger partial charge in [-0.05, 0) is 37.0 Å². The van der Waals surface area contributed by atoms with Crippen molar-refractivity contribution in [2.45, 2.75) is 53.0 Å². The SMILES string of the molecule is CCCOc1cccc(CCNC(=NC)NCc2c(CC)noc2CC)c1. The van der Waals surface area contributed by atoms with Gasteiger partial charge in [-0.3, -0.25) is 4.99 Å². The van der Waals surface area contributed by atoms with Crippen LogP contribution in [0.5, 0.6) is 5.75 Å². The fourth-order valence-electron chi connectivity index (χ4n) is 2.87. The van der Waals surface area contributed by atoms with Gasteiger partial charge in [-0.15, -0.1) is 0 Å². The van der Waals surface area contributed by atoms with Crippen LogP contribution in [0.15, 0.2) is 33.8 Å². The van der Waals surface area contributed by atoms with E-state index < -0.39 is 0 Å². The summed E-state index contributed by atoms with van der Waals surface area (Å²) in [6.45, 7) is 8.48. The van der Waals surface area contributed by atoms with Crippen molar-refractivity contribution in [2.24, 2.45) is 4.99 Å². The minimum absolute atomic E-state index is 0.663. The van der Waals surface area contributed by atoms with Gasteiger partial charge in [0.1, 0.15) is 11.5 Å². The second-order valence-electron chi connectivity index (χ2n) is 6.34. The number of aromatic nitrogens is 1. The molecule has 6 nitrogen and oxygen atoms in total. The molecule has 0 fully saturated rings. The largest absolute Gasteiger partial charge is 0.494 e. The highest BCUT2D eigenvalue weighted by atomic mass is 16.5. The summed E-state index contributed by atoms with van der Waals surface area (Å²) >= 11 is 0. The van der Waals surface area contributed by atoms with Crippen LogP contribution in [-0.2, 0) is 25.8 Å². The van der Waals surface area contributed by atoms with Gasteiger partial charge in [-0.2, -0.15) is 0 Å². The molecule has 2 rings (SSSR count). The summed E-state index contributed by atoms with van der Waals surface area (Å²) in [5, 5.41) is 10.9. The number of benzene rings is 1. The number of hydrogen-bond donors (Lipinski definition) is 2. The van der Waals surface area contributed by atoms with Crippen molar-refractivity contribution < 1.29 is 9.26 Å². The summed E-state index contributed by atoms with van der Waals surface area (Å²) in [4.78, 5) is 4.31. The molecule has 0 atom stereocenters. The Bertz CT molecular complexity index is 703. The highest BCUT2D eigenvalue weighted by Crippen LogP contribution is 2.15. The Labute approximate surface area is 162 Å². The molecule has 1 heterocycles. The Morgan fingerprint density at radius 3 is 2.74 bits per heavy atom. The first-order chi connectivity index (χ1) is 13.2. The van der Waals surface area contributed by atoms with Crippen molar-refractivity contribution in [3.8, 4) is 5.75 Å². The lowest BCUT2D eigenvalue weighted by atomic mass is 10.1. The minimum Gasteiger partial charge on any atom is -0.494 e. The topological polar surface area (TPSA) is 71.7 Å². The average molecular weight is 373 g/mol. The molecule has 0 aliphatic heterocycles. The van der Waals surface area contributed by atoms with Crippen LogP contribution in [0.4, 0.5) is 0 Å². The molecule has 0 aliphatic carbocycles. The predicted octanol–water partition coefficient (Wildman–Crippen LogP) is 3.50. The van der Waals surface area contributed by atoms with Gasteiger partial charge in [-0.1, -0.05) is 38.1 Å². The van der Waals surface area contributed by atoms with Crippen LogP contribution < -0.4 is 15.4 Å². The summed E-state index contributed by atoms with van der Waals surface area (Å²) in [5.41, 5.74) is 3.40. The predicted molar refractivity (Wildman–Crippen MR) is 109 cm³/mol. The van der Waals surface area contributed by atoms with Crippen LogP contribution in [0.25, 0.3) is 0 Å². The molecule has 0 spiro atoms. The molecule has 0 amide bonds. The highest BCUT2D eigenvalue weighted by molar-refractivity contribution is 5.79. The van der Waals surface area contributed by atoms with E-state index in [2.05, 4.69) is 53.7 Å². The smallest absolute Gasteiger partial charge is 0.191 e. The maximum absolute atomic E-state index is 5.70. The van der Waals surface area contributed by atoms with Gasteiger partial charge in [0.15, 0.2) is 5.96 Å². The first-order valence-corrected chi connectivity index (χ1v) is 9.84. The molecule has 1 aromatic heterocycles. The van der Waals surface area contributed by atoms with Gasteiger partial charge in [0, 0.05) is 32.1 Å². The van der Waals surface area contributed by atoms with Crippen LogP contribution in [0.1, 0.15) is 49.8 Å². The fourth-order valence-corrected chi connectivity index (χ4v) is 2.87. The number of aliphatic imine (C=N–C) groups is 1. The normalized spacial score (nSPS) is 11.5. The zero-order valence-corrected chi connectivity index (χ0v) is 17.0. The molecule has 1 aromatic carbocycles. The van der Waals surface area contributed by atoms with E-state index >= 15 is 0 Å². The molecule has 148 valence electrons. The maximum Gasteiger partial charge on any atom is 0.191 e. The number of rotatable bonds is 10. The molecule has 6 heteroatoms. The molecule has 0 saturated heterocycles. The van der Waals surface area contributed by atoms with E-state index in [4.69, 9.17) is 9.26 Å². The second kappa shape index (κ2) is 11.3. The first kappa shape index (κ1) is 20.8. The van der Waals surface area contributed by atoms with Gasteiger partial charge in [-0.25, -0.2) is 0 Å².